The molecule has 0 rings (SSSR count). The van der Waals surface area contributed by atoms with E-state index in [1.165, 1.54) is 0 Å². The van der Waals surface area contributed by atoms with Crippen LogP contribution in [-0.2, 0) is 0 Å². The molecule has 0 aromatic heterocycles. The van der Waals surface area contributed by atoms with E-state index in [1.54, 1.807) is 0 Å². The highest BCUT2D eigenvalue weighted by molar-refractivity contribution is 6.55. The van der Waals surface area contributed by atoms with Gasteiger partial charge in [-0.2, -0.15) is 0 Å². The van der Waals surface area contributed by atoms with E-state index < -0.39 is 0 Å². The van der Waals surface area contributed by atoms with Crippen molar-refractivity contribution in [2.45, 2.75) is 13.8 Å². The van der Waals surface area contributed by atoms with Crippen molar-refractivity contribution in [3.63, 3.8) is 0 Å². The van der Waals surface area contributed by atoms with E-state index in [-0.39, 0.29) is 4.49 Å². The van der Waals surface area contributed by atoms with Crippen LogP contribution < -0.4 is 0 Å². The second-order valence-electron chi connectivity index (χ2n) is 1.39. The number of halogens is 2. The van der Waals surface area contributed by atoms with Gasteiger partial charge in [0.15, 0.2) is 0 Å². The average molecular weight is 137 g/mol. The summed E-state index contributed by atoms with van der Waals surface area (Å²) in [5.41, 5.74) is 3.66. The summed E-state index contributed by atoms with van der Waals surface area (Å²) in [6, 6.07) is 0. The third-order valence-electron chi connectivity index (χ3n) is 0.344. The zero-order valence-corrected chi connectivity index (χ0v) is 5.77. The van der Waals surface area contributed by atoms with Crippen LogP contribution in [0.2, 0.25) is 0 Å². The number of rotatable bonds is 0. The van der Waals surface area contributed by atoms with Crippen LogP contribution in [-0.4, -0.2) is 0 Å². The molecule has 0 aliphatic heterocycles. The van der Waals surface area contributed by atoms with Crippen molar-refractivity contribution < 1.29 is 0 Å². The molecule has 2 heteroatoms. The molecule has 40 valence electrons. The van der Waals surface area contributed by atoms with Crippen molar-refractivity contribution in [2.75, 3.05) is 0 Å². The normalized spacial score (nSPS) is 7.43. The highest BCUT2D eigenvalue weighted by Crippen LogP contribution is 2.04. The summed E-state index contributed by atoms with van der Waals surface area (Å²) in [4.78, 5) is 0. The molecule has 0 saturated carbocycles. The highest BCUT2D eigenvalue weighted by atomic mass is 35.5. The molecule has 0 amide bonds. The summed E-state index contributed by atoms with van der Waals surface area (Å²) in [5, 5.41) is 0. The SMILES string of the molecule is CC(C)=C=C(Cl)Cl. The van der Waals surface area contributed by atoms with Gasteiger partial charge < -0.3 is 0 Å². The smallest absolute Gasteiger partial charge is 0.0899 e. The van der Waals surface area contributed by atoms with E-state index in [0.717, 1.165) is 5.57 Å². The first-order chi connectivity index (χ1) is 3.13. The third kappa shape index (κ3) is 6.10. The minimum Gasteiger partial charge on any atom is -0.0899 e. The first kappa shape index (κ1) is 7.10. The zero-order valence-electron chi connectivity index (χ0n) is 4.26. The topological polar surface area (TPSA) is 0 Å². The molecular formula is C5H6Cl2. The van der Waals surface area contributed by atoms with E-state index in [9.17, 15) is 0 Å². The lowest BCUT2D eigenvalue weighted by Gasteiger charge is -1.74. The Morgan fingerprint density at radius 2 is 1.71 bits per heavy atom. The highest BCUT2D eigenvalue weighted by Gasteiger charge is 1.74. The maximum Gasteiger partial charge on any atom is 0.148 e. The lowest BCUT2D eigenvalue weighted by molar-refractivity contribution is 1.41. The van der Waals surface area contributed by atoms with Crippen molar-refractivity contribution >= 4 is 23.2 Å². The van der Waals surface area contributed by atoms with Crippen LogP contribution in [0.15, 0.2) is 15.8 Å². The van der Waals surface area contributed by atoms with Crippen molar-refractivity contribution in [3.8, 4) is 0 Å². The fraction of sp³-hybridized carbons (Fsp3) is 0.400. The Morgan fingerprint density at radius 1 is 1.29 bits per heavy atom. The molecule has 0 atom stereocenters. The quantitative estimate of drug-likeness (QED) is 0.450. The van der Waals surface area contributed by atoms with Crippen LogP contribution in [0.1, 0.15) is 13.8 Å². The van der Waals surface area contributed by atoms with Crippen molar-refractivity contribution in [1.82, 2.24) is 0 Å². The minimum absolute atomic E-state index is 0.194. The molecule has 0 N–H and O–H groups in total. The molecule has 0 heterocycles. The fourth-order valence-electron chi connectivity index (χ4n) is 0.189. The summed E-state index contributed by atoms with van der Waals surface area (Å²) in [6.07, 6.45) is 0. The van der Waals surface area contributed by atoms with E-state index in [1.807, 2.05) is 13.8 Å². The van der Waals surface area contributed by atoms with E-state index in [2.05, 4.69) is 5.73 Å². The van der Waals surface area contributed by atoms with Gasteiger partial charge in [-0.3, -0.25) is 0 Å². The van der Waals surface area contributed by atoms with E-state index in [4.69, 9.17) is 23.2 Å². The summed E-state index contributed by atoms with van der Waals surface area (Å²) in [5.74, 6) is 0. The van der Waals surface area contributed by atoms with Gasteiger partial charge in [-0.15, -0.1) is 0 Å². The first-order valence-electron chi connectivity index (χ1n) is 1.88. The summed E-state index contributed by atoms with van der Waals surface area (Å²) < 4.78 is 0.194. The van der Waals surface area contributed by atoms with Crippen molar-refractivity contribution in [1.29, 1.82) is 0 Å². The lowest BCUT2D eigenvalue weighted by Crippen LogP contribution is -1.52. The van der Waals surface area contributed by atoms with Gasteiger partial charge in [0.05, 0.1) is 0 Å². The average Bonchev–Trinajstić information content (AvgIpc) is 1.27. The Kier molecular flexibility index (Phi) is 3.19. The molecule has 0 aliphatic carbocycles. The number of hydrogen-bond donors (Lipinski definition) is 0. The Morgan fingerprint density at radius 3 is 1.71 bits per heavy atom. The molecule has 0 unspecified atom stereocenters. The standard InChI is InChI=1S/C5H6Cl2/c1-4(2)3-5(6)7/h1-2H3. The monoisotopic (exact) mass is 136 g/mol. The summed E-state index contributed by atoms with van der Waals surface area (Å²) >= 11 is 10.4. The van der Waals surface area contributed by atoms with Crippen LogP contribution in [0.25, 0.3) is 0 Å². The summed E-state index contributed by atoms with van der Waals surface area (Å²) in [7, 11) is 0. The molecule has 0 fully saturated rings. The van der Waals surface area contributed by atoms with Gasteiger partial charge >= 0.3 is 0 Å². The van der Waals surface area contributed by atoms with Crippen molar-refractivity contribution in [2.24, 2.45) is 0 Å². The molecule has 0 spiro atoms. The van der Waals surface area contributed by atoms with E-state index >= 15 is 0 Å². The molecule has 0 aliphatic rings. The Balaban J connectivity index is 4.13. The second kappa shape index (κ2) is 3.15. The van der Waals surface area contributed by atoms with Crippen LogP contribution in [0.5, 0.6) is 0 Å². The predicted molar refractivity (Wildman–Crippen MR) is 33.6 cm³/mol. The van der Waals surface area contributed by atoms with E-state index in [0.29, 0.717) is 0 Å². The number of hydrogen-bond acceptors (Lipinski definition) is 0. The van der Waals surface area contributed by atoms with Gasteiger partial charge in [0.1, 0.15) is 4.49 Å². The maximum atomic E-state index is 5.22. The van der Waals surface area contributed by atoms with Crippen LogP contribution >= 0.6 is 23.2 Å². The number of allylic oxidation sites excluding steroid dienone is 1. The van der Waals surface area contributed by atoms with Gasteiger partial charge in [-0.1, -0.05) is 28.9 Å². The third-order valence-corrected chi connectivity index (χ3v) is 0.533. The first-order valence-corrected chi connectivity index (χ1v) is 2.63. The Bertz CT molecular complexity index is 98.0. The maximum absolute atomic E-state index is 5.22. The Labute approximate surface area is 53.4 Å². The van der Waals surface area contributed by atoms with Gasteiger partial charge in [-0.05, 0) is 19.4 Å². The molecule has 0 saturated heterocycles. The lowest BCUT2D eigenvalue weighted by atomic mass is 10.4. The van der Waals surface area contributed by atoms with Gasteiger partial charge in [0.25, 0.3) is 0 Å². The fourth-order valence-corrected chi connectivity index (χ4v) is 0.567. The summed E-state index contributed by atoms with van der Waals surface area (Å²) in [6.45, 7) is 3.76. The molecule has 7 heavy (non-hydrogen) atoms. The molecule has 0 aromatic carbocycles. The molecular weight excluding hydrogens is 131 g/mol. The van der Waals surface area contributed by atoms with Crippen LogP contribution in [0, 0.1) is 0 Å². The van der Waals surface area contributed by atoms with Crippen LogP contribution in [0.3, 0.4) is 0 Å². The predicted octanol–water partition coefficient (Wildman–Crippen LogP) is 2.87. The van der Waals surface area contributed by atoms with Crippen LogP contribution in [0.4, 0.5) is 0 Å². The van der Waals surface area contributed by atoms with Gasteiger partial charge in [0, 0.05) is 0 Å². The second-order valence-corrected chi connectivity index (χ2v) is 2.33. The molecule has 0 aromatic rings. The Hall–Kier alpha value is 0.100. The molecule has 0 radical (unpaired) electrons. The molecule has 0 bridgehead atoms. The minimum atomic E-state index is 0.194. The van der Waals surface area contributed by atoms with Gasteiger partial charge in [-0.25, -0.2) is 0 Å². The van der Waals surface area contributed by atoms with Crippen molar-refractivity contribution in [3.05, 3.63) is 15.8 Å². The molecule has 0 nitrogen and oxygen atoms in total. The zero-order chi connectivity index (χ0) is 5.86. The largest absolute Gasteiger partial charge is 0.148 e. The van der Waals surface area contributed by atoms with Gasteiger partial charge in [0.2, 0.25) is 0 Å².